The number of benzene rings is 4. The molecule has 0 radical (unpaired) electrons. The third-order valence-corrected chi connectivity index (χ3v) is 7.54. The first-order chi connectivity index (χ1) is 20.0. The van der Waals surface area contributed by atoms with Gasteiger partial charge in [0.2, 0.25) is 5.91 Å². The minimum Gasteiger partial charge on any atom is -0.392 e. The maximum absolute atomic E-state index is 11.7. The van der Waals surface area contributed by atoms with Gasteiger partial charge in [0.25, 0.3) is 0 Å². The van der Waals surface area contributed by atoms with Crippen LogP contribution in [0.25, 0.3) is 0 Å². The van der Waals surface area contributed by atoms with E-state index < -0.39 is 6.29 Å². The smallest absolute Gasteiger partial charge is 0.221 e. The number of aliphatic hydroxyl groups is 1. The van der Waals surface area contributed by atoms with E-state index in [9.17, 15) is 9.90 Å². The molecule has 0 spiro atoms. The standard InChI is InChI=1S/C35H38N2O4/c1-25-33(23-37(21-27-10-5-3-6-11-27)22-28-12-7-4-8-13-28)40-35(31-14-9-15-32(20-31)36-26(2)39)41-34(25)30-18-16-29(24-38)17-19-30/h3-20,25,33-35,38H,21-24H2,1-2H3,(H,36,39)/t25-,33+,34+,35+/m0/s1. The Hall–Kier alpha value is -3.81. The lowest BCUT2D eigenvalue weighted by molar-refractivity contribution is -0.276. The Balaban J connectivity index is 1.45. The number of carbonyl (C=O) groups excluding carboxylic acids is 1. The molecule has 1 aliphatic rings. The molecule has 0 saturated carbocycles. The van der Waals surface area contributed by atoms with Crippen LogP contribution in [0.5, 0.6) is 0 Å². The zero-order valence-electron chi connectivity index (χ0n) is 23.6. The van der Waals surface area contributed by atoms with Gasteiger partial charge >= 0.3 is 0 Å². The van der Waals surface area contributed by atoms with Gasteiger partial charge in [0, 0.05) is 43.7 Å². The van der Waals surface area contributed by atoms with E-state index in [1.54, 1.807) is 0 Å². The van der Waals surface area contributed by atoms with E-state index in [2.05, 4.69) is 65.7 Å². The molecule has 41 heavy (non-hydrogen) atoms. The number of hydrogen-bond donors (Lipinski definition) is 2. The molecule has 6 heteroatoms. The van der Waals surface area contributed by atoms with Gasteiger partial charge in [-0.1, -0.05) is 104 Å². The first-order valence-corrected chi connectivity index (χ1v) is 14.2. The lowest BCUT2D eigenvalue weighted by atomic mass is 9.89. The van der Waals surface area contributed by atoms with Crippen molar-refractivity contribution in [2.75, 3.05) is 11.9 Å². The molecule has 1 saturated heterocycles. The molecular formula is C35H38N2O4. The molecule has 6 nitrogen and oxygen atoms in total. The van der Waals surface area contributed by atoms with E-state index in [0.717, 1.165) is 29.8 Å². The Bertz CT molecular complexity index is 1350. The normalized spacial score (nSPS) is 20.6. The van der Waals surface area contributed by atoms with Crippen molar-refractivity contribution in [3.63, 3.8) is 0 Å². The van der Waals surface area contributed by atoms with Crippen molar-refractivity contribution >= 4 is 11.6 Å². The molecular weight excluding hydrogens is 512 g/mol. The summed E-state index contributed by atoms with van der Waals surface area (Å²) >= 11 is 0. The third kappa shape index (κ3) is 7.69. The highest BCUT2D eigenvalue weighted by Gasteiger charge is 2.39. The summed E-state index contributed by atoms with van der Waals surface area (Å²) in [6.07, 6.45) is -0.956. The van der Waals surface area contributed by atoms with Crippen LogP contribution in [-0.4, -0.2) is 28.6 Å². The van der Waals surface area contributed by atoms with Crippen LogP contribution in [0.3, 0.4) is 0 Å². The average Bonchev–Trinajstić information content (AvgIpc) is 2.99. The third-order valence-electron chi connectivity index (χ3n) is 7.54. The van der Waals surface area contributed by atoms with Crippen LogP contribution in [0.1, 0.15) is 54.1 Å². The largest absolute Gasteiger partial charge is 0.392 e. The quantitative estimate of drug-likeness (QED) is 0.232. The molecule has 2 N–H and O–H groups in total. The van der Waals surface area contributed by atoms with Crippen LogP contribution in [0.15, 0.2) is 109 Å². The lowest BCUT2D eigenvalue weighted by Gasteiger charge is -2.43. The SMILES string of the molecule is CC(=O)Nc1cccc([C@@H]2O[C@H](CN(Cc3ccccc3)Cc3ccccc3)[C@H](C)[C@H](c3ccc(CO)cc3)O2)c1. The van der Waals surface area contributed by atoms with Gasteiger partial charge in [0.1, 0.15) is 0 Å². The topological polar surface area (TPSA) is 71.0 Å². The summed E-state index contributed by atoms with van der Waals surface area (Å²) in [5, 5.41) is 12.4. The monoisotopic (exact) mass is 550 g/mol. The van der Waals surface area contributed by atoms with Crippen molar-refractivity contribution in [3.05, 3.63) is 137 Å². The fraction of sp³-hybridized carbons (Fsp3) is 0.286. The average molecular weight is 551 g/mol. The first kappa shape index (κ1) is 28.7. The minimum absolute atomic E-state index is 0.000405. The summed E-state index contributed by atoms with van der Waals surface area (Å²) in [5.41, 5.74) is 5.96. The molecule has 4 aromatic carbocycles. The first-order valence-electron chi connectivity index (χ1n) is 14.2. The number of rotatable bonds is 10. The fourth-order valence-electron chi connectivity index (χ4n) is 5.42. The van der Waals surface area contributed by atoms with Gasteiger partial charge in [0.05, 0.1) is 18.8 Å². The molecule has 1 amide bonds. The van der Waals surface area contributed by atoms with Crippen molar-refractivity contribution in [1.29, 1.82) is 0 Å². The van der Waals surface area contributed by atoms with E-state index in [1.165, 1.54) is 18.1 Å². The number of nitrogens with zero attached hydrogens (tertiary/aromatic N) is 1. The summed E-state index contributed by atoms with van der Waals surface area (Å²) < 4.78 is 13.4. The summed E-state index contributed by atoms with van der Waals surface area (Å²) in [6.45, 7) is 5.98. The predicted octanol–water partition coefficient (Wildman–Crippen LogP) is 6.63. The molecule has 5 rings (SSSR count). The van der Waals surface area contributed by atoms with Gasteiger partial charge in [-0.2, -0.15) is 0 Å². The highest BCUT2D eigenvalue weighted by atomic mass is 16.7. The Morgan fingerprint density at radius 1 is 0.780 bits per heavy atom. The number of amides is 1. The molecule has 0 bridgehead atoms. The Morgan fingerprint density at radius 2 is 1.41 bits per heavy atom. The number of anilines is 1. The maximum Gasteiger partial charge on any atom is 0.221 e. The number of nitrogens with one attached hydrogen (secondary N) is 1. The molecule has 1 fully saturated rings. The molecule has 1 aliphatic heterocycles. The highest BCUT2D eigenvalue weighted by molar-refractivity contribution is 5.88. The highest BCUT2D eigenvalue weighted by Crippen LogP contribution is 2.42. The molecule has 4 atom stereocenters. The minimum atomic E-state index is -0.609. The van der Waals surface area contributed by atoms with Crippen molar-refractivity contribution in [2.24, 2.45) is 5.92 Å². The Labute approximate surface area is 242 Å². The van der Waals surface area contributed by atoms with Crippen LogP contribution in [-0.2, 0) is 34.0 Å². The van der Waals surface area contributed by atoms with Gasteiger partial charge in [0.15, 0.2) is 6.29 Å². The van der Waals surface area contributed by atoms with Crippen molar-refractivity contribution in [2.45, 2.75) is 52.0 Å². The second kappa shape index (κ2) is 13.7. The fourth-order valence-corrected chi connectivity index (χ4v) is 5.42. The van der Waals surface area contributed by atoms with Gasteiger partial charge in [-0.15, -0.1) is 0 Å². The van der Waals surface area contributed by atoms with Crippen molar-refractivity contribution < 1.29 is 19.4 Å². The molecule has 0 unspecified atom stereocenters. The van der Waals surface area contributed by atoms with E-state index in [4.69, 9.17) is 9.47 Å². The lowest BCUT2D eigenvalue weighted by Crippen LogP contribution is -2.44. The maximum atomic E-state index is 11.7. The summed E-state index contributed by atoms with van der Waals surface area (Å²) in [7, 11) is 0. The van der Waals surface area contributed by atoms with E-state index in [1.807, 2.05) is 60.7 Å². The van der Waals surface area contributed by atoms with Gasteiger partial charge < -0.3 is 19.9 Å². The van der Waals surface area contributed by atoms with Crippen LogP contribution in [0, 0.1) is 5.92 Å². The number of aliphatic hydroxyl groups excluding tert-OH is 1. The zero-order valence-corrected chi connectivity index (χ0v) is 23.6. The second-order valence-corrected chi connectivity index (χ2v) is 10.8. The zero-order chi connectivity index (χ0) is 28.6. The van der Waals surface area contributed by atoms with Gasteiger partial charge in [-0.05, 0) is 34.4 Å². The van der Waals surface area contributed by atoms with Crippen molar-refractivity contribution in [1.82, 2.24) is 4.90 Å². The van der Waals surface area contributed by atoms with E-state index in [-0.39, 0.29) is 30.6 Å². The van der Waals surface area contributed by atoms with E-state index in [0.29, 0.717) is 12.2 Å². The molecule has 1 heterocycles. The van der Waals surface area contributed by atoms with Crippen LogP contribution in [0.4, 0.5) is 5.69 Å². The molecule has 212 valence electrons. The predicted molar refractivity (Wildman–Crippen MR) is 161 cm³/mol. The Morgan fingerprint density at radius 3 is 2.00 bits per heavy atom. The molecule has 0 aliphatic carbocycles. The summed E-state index contributed by atoms with van der Waals surface area (Å²) in [4.78, 5) is 14.1. The molecule has 0 aromatic heterocycles. The van der Waals surface area contributed by atoms with E-state index >= 15 is 0 Å². The second-order valence-electron chi connectivity index (χ2n) is 10.8. The van der Waals surface area contributed by atoms with Crippen LogP contribution < -0.4 is 5.32 Å². The van der Waals surface area contributed by atoms with Crippen LogP contribution in [0.2, 0.25) is 0 Å². The summed E-state index contributed by atoms with van der Waals surface area (Å²) in [5.74, 6) is -0.0720. The van der Waals surface area contributed by atoms with Gasteiger partial charge in [-0.3, -0.25) is 9.69 Å². The van der Waals surface area contributed by atoms with Gasteiger partial charge in [-0.25, -0.2) is 0 Å². The number of carbonyl (C=O) groups is 1. The molecule has 4 aromatic rings. The van der Waals surface area contributed by atoms with Crippen LogP contribution >= 0.6 is 0 Å². The summed E-state index contributed by atoms with van der Waals surface area (Å²) in [6, 6.07) is 36.6. The number of ether oxygens (including phenoxy) is 2. The number of hydrogen-bond acceptors (Lipinski definition) is 5. The van der Waals surface area contributed by atoms with Crippen molar-refractivity contribution in [3.8, 4) is 0 Å². The Kier molecular flexibility index (Phi) is 9.59.